The number of imide groups is 1. The van der Waals surface area contributed by atoms with Gasteiger partial charge in [0, 0.05) is 12.5 Å². The molecule has 0 fully saturated rings. The quantitative estimate of drug-likeness (QED) is 0.203. The number of benzene rings is 3. The zero-order valence-corrected chi connectivity index (χ0v) is 19.6. The van der Waals surface area contributed by atoms with Crippen LogP contribution >= 0.6 is 23.2 Å². The summed E-state index contributed by atoms with van der Waals surface area (Å²) in [6.45, 7) is 0.705. The number of nitrogens with zero attached hydrogens (tertiary/aromatic N) is 1. The molecule has 10 heteroatoms. The third kappa shape index (κ3) is 4.94. The third-order valence-electron chi connectivity index (χ3n) is 5.06. The van der Waals surface area contributed by atoms with E-state index in [1.54, 1.807) is 0 Å². The fraction of sp³-hybridized carbons (Fsp3) is 0.0800. The molecule has 0 aromatic heterocycles. The summed E-state index contributed by atoms with van der Waals surface area (Å²) in [7, 11) is 0. The molecule has 176 valence electrons. The normalized spacial score (nSPS) is 12.4. The Kier molecular flexibility index (Phi) is 6.68. The van der Waals surface area contributed by atoms with Crippen molar-refractivity contribution < 1.29 is 33.4 Å². The second kappa shape index (κ2) is 9.69. The average molecular weight is 512 g/mol. The first-order valence-electron chi connectivity index (χ1n) is 10.1. The van der Waals surface area contributed by atoms with Crippen molar-refractivity contribution in [1.82, 2.24) is 0 Å². The highest BCUT2D eigenvalue weighted by Crippen LogP contribution is 2.33. The molecule has 0 atom stereocenters. The minimum Gasteiger partial charge on any atom is -0.454 e. The van der Waals surface area contributed by atoms with E-state index in [1.807, 2.05) is 0 Å². The van der Waals surface area contributed by atoms with Gasteiger partial charge in [-0.3, -0.25) is 19.2 Å². The maximum atomic E-state index is 12.9. The summed E-state index contributed by atoms with van der Waals surface area (Å²) < 4.78 is 9.99. The number of anilines is 1. The molecule has 1 heterocycles. The largest absolute Gasteiger partial charge is 0.454 e. The van der Waals surface area contributed by atoms with Gasteiger partial charge in [0.25, 0.3) is 11.8 Å². The summed E-state index contributed by atoms with van der Waals surface area (Å²) in [5, 5.41) is 0.447. The van der Waals surface area contributed by atoms with Crippen LogP contribution in [0.5, 0.6) is 5.75 Å². The highest BCUT2D eigenvalue weighted by atomic mass is 35.5. The van der Waals surface area contributed by atoms with Crippen LogP contribution in [0.25, 0.3) is 0 Å². The Hall–Kier alpha value is -4.01. The van der Waals surface area contributed by atoms with Crippen molar-refractivity contribution in [3.05, 3.63) is 93.0 Å². The molecule has 0 radical (unpaired) electrons. The highest BCUT2D eigenvalue weighted by molar-refractivity contribution is 6.42. The molecule has 3 aromatic rings. The number of carbonyl (C=O) groups is 5. The molecule has 4 rings (SSSR count). The zero-order valence-electron chi connectivity index (χ0n) is 18.0. The Morgan fingerprint density at radius 1 is 0.800 bits per heavy atom. The molecule has 0 N–H and O–H groups in total. The lowest BCUT2D eigenvalue weighted by Gasteiger charge is -2.14. The van der Waals surface area contributed by atoms with E-state index in [2.05, 4.69) is 0 Å². The van der Waals surface area contributed by atoms with Gasteiger partial charge in [0.05, 0.1) is 32.4 Å². The molecule has 35 heavy (non-hydrogen) atoms. The van der Waals surface area contributed by atoms with Gasteiger partial charge in [-0.15, -0.1) is 0 Å². The highest BCUT2D eigenvalue weighted by Gasteiger charge is 2.37. The number of amides is 2. The number of esters is 2. The standard InChI is InChI=1S/C25H15Cl2NO7/c1-13(29)35-17-6-2-14(3-7-17)22(30)12-34-25(33)15-4-8-18-19(10-15)24(32)28(23(18)31)16-5-9-20(26)21(27)11-16/h2-11H,12H2,1H3. The van der Waals surface area contributed by atoms with Gasteiger partial charge in [0.2, 0.25) is 0 Å². The average Bonchev–Trinajstić information content (AvgIpc) is 3.08. The van der Waals surface area contributed by atoms with Crippen LogP contribution < -0.4 is 9.64 Å². The second-order valence-electron chi connectivity index (χ2n) is 7.42. The van der Waals surface area contributed by atoms with Crippen LogP contribution in [0.1, 0.15) is 48.4 Å². The molecular weight excluding hydrogens is 497 g/mol. The van der Waals surface area contributed by atoms with Gasteiger partial charge in [-0.05, 0) is 60.7 Å². The molecule has 1 aliphatic heterocycles. The zero-order chi connectivity index (χ0) is 25.3. The number of hydrogen-bond acceptors (Lipinski definition) is 7. The van der Waals surface area contributed by atoms with Crippen molar-refractivity contribution in [2.24, 2.45) is 0 Å². The molecular formula is C25H15Cl2NO7. The smallest absolute Gasteiger partial charge is 0.338 e. The van der Waals surface area contributed by atoms with E-state index in [0.29, 0.717) is 0 Å². The first kappa shape index (κ1) is 24.1. The SMILES string of the molecule is CC(=O)Oc1ccc(C(=O)COC(=O)c2ccc3c(c2)C(=O)N(c2ccc(Cl)c(Cl)c2)C3=O)cc1. The summed E-state index contributed by atoms with van der Waals surface area (Å²) >= 11 is 11.9. The molecule has 8 nitrogen and oxygen atoms in total. The molecule has 0 saturated heterocycles. The third-order valence-corrected chi connectivity index (χ3v) is 5.79. The van der Waals surface area contributed by atoms with E-state index in [0.717, 1.165) is 4.90 Å². The molecule has 2 amide bonds. The monoisotopic (exact) mass is 511 g/mol. The van der Waals surface area contributed by atoms with Gasteiger partial charge in [-0.1, -0.05) is 23.2 Å². The Morgan fingerprint density at radius 2 is 1.46 bits per heavy atom. The van der Waals surface area contributed by atoms with E-state index in [4.69, 9.17) is 32.7 Å². The molecule has 0 aliphatic carbocycles. The van der Waals surface area contributed by atoms with E-state index in [-0.39, 0.29) is 43.7 Å². The number of carbonyl (C=O) groups excluding carboxylic acids is 5. The number of halogens is 2. The number of hydrogen-bond donors (Lipinski definition) is 0. The van der Waals surface area contributed by atoms with Crippen LogP contribution in [0.2, 0.25) is 10.0 Å². The van der Waals surface area contributed by atoms with Gasteiger partial charge >= 0.3 is 11.9 Å². The fourth-order valence-electron chi connectivity index (χ4n) is 3.40. The molecule has 3 aromatic carbocycles. The number of ketones is 1. The van der Waals surface area contributed by atoms with E-state index in [1.165, 1.54) is 67.6 Å². The minimum atomic E-state index is -0.842. The Labute approximate surface area is 208 Å². The predicted octanol–water partition coefficient (Wildman–Crippen LogP) is 4.76. The lowest BCUT2D eigenvalue weighted by molar-refractivity contribution is -0.131. The summed E-state index contributed by atoms with van der Waals surface area (Å²) in [5.74, 6) is -2.75. The van der Waals surface area contributed by atoms with Crippen molar-refractivity contribution >= 4 is 58.4 Å². The number of fused-ring (bicyclic) bond motifs is 1. The molecule has 0 unspecified atom stereocenters. The first-order valence-corrected chi connectivity index (χ1v) is 10.9. The Bertz CT molecular complexity index is 1400. The van der Waals surface area contributed by atoms with Gasteiger partial charge < -0.3 is 9.47 Å². The summed E-state index contributed by atoms with van der Waals surface area (Å²) in [5.41, 5.74) is 0.615. The minimum absolute atomic E-state index is 0.00102. The first-order chi connectivity index (χ1) is 16.7. The summed E-state index contributed by atoms with van der Waals surface area (Å²) in [6, 6.07) is 14.0. The van der Waals surface area contributed by atoms with Crippen LogP contribution in [-0.2, 0) is 9.53 Å². The van der Waals surface area contributed by atoms with Crippen LogP contribution in [0.4, 0.5) is 5.69 Å². The van der Waals surface area contributed by atoms with Crippen molar-refractivity contribution in [2.75, 3.05) is 11.5 Å². The van der Waals surface area contributed by atoms with Gasteiger partial charge in [-0.2, -0.15) is 0 Å². The lowest BCUT2D eigenvalue weighted by atomic mass is 10.1. The van der Waals surface area contributed by atoms with Crippen molar-refractivity contribution in [3.63, 3.8) is 0 Å². The predicted molar refractivity (Wildman–Crippen MR) is 126 cm³/mol. The topological polar surface area (TPSA) is 107 Å². The van der Waals surface area contributed by atoms with E-state index in [9.17, 15) is 24.0 Å². The van der Waals surface area contributed by atoms with E-state index < -0.39 is 36.1 Å². The summed E-state index contributed by atoms with van der Waals surface area (Å²) in [6.07, 6.45) is 0. The Balaban J connectivity index is 1.46. The van der Waals surface area contributed by atoms with Crippen LogP contribution in [0, 0.1) is 0 Å². The molecule has 0 saturated carbocycles. The lowest BCUT2D eigenvalue weighted by Crippen LogP contribution is -2.29. The second-order valence-corrected chi connectivity index (χ2v) is 8.24. The molecule has 0 bridgehead atoms. The van der Waals surface area contributed by atoms with Gasteiger partial charge in [0.1, 0.15) is 5.75 Å². The number of rotatable bonds is 6. The summed E-state index contributed by atoms with van der Waals surface area (Å²) in [4.78, 5) is 62.4. The molecule has 0 spiro atoms. The molecule has 1 aliphatic rings. The number of Topliss-reactive ketones (excluding diaryl/α,β-unsaturated/α-hetero) is 1. The fourth-order valence-corrected chi connectivity index (χ4v) is 3.69. The van der Waals surface area contributed by atoms with Crippen LogP contribution in [-0.4, -0.2) is 36.1 Å². The van der Waals surface area contributed by atoms with Crippen molar-refractivity contribution in [2.45, 2.75) is 6.92 Å². The Morgan fingerprint density at radius 3 is 2.11 bits per heavy atom. The maximum Gasteiger partial charge on any atom is 0.338 e. The van der Waals surface area contributed by atoms with Gasteiger partial charge in [-0.25, -0.2) is 9.69 Å². The maximum absolute atomic E-state index is 12.9. The van der Waals surface area contributed by atoms with Crippen LogP contribution in [0.15, 0.2) is 60.7 Å². The van der Waals surface area contributed by atoms with E-state index >= 15 is 0 Å². The van der Waals surface area contributed by atoms with Crippen LogP contribution in [0.3, 0.4) is 0 Å². The number of ether oxygens (including phenoxy) is 2. The van der Waals surface area contributed by atoms with Gasteiger partial charge in [0.15, 0.2) is 12.4 Å². The van der Waals surface area contributed by atoms with Crippen molar-refractivity contribution in [3.8, 4) is 5.75 Å². The van der Waals surface area contributed by atoms with Crippen molar-refractivity contribution in [1.29, 1.82) is 0 Å².